The Morgan fingerprint density at radius 2 is 1.84 bits per heavy atom. The molecule has 0 aromatic carbocycles. The molecule has 2 saturated heterocycles. The van der Waals surface area contributed by atoms with Crippen molar-refractivity contribution in [1.82, 2.24) is 15.5 Å². The lowest BCUT2D eigenvalue weighted by Gasteiger charge is -2.41. The highest BCUT2D eigenvalue weighted by atomic mass is 16.2. The maximum Gasteiger partial charge on any atom is 0.322 e. The molecule has 1 aliphatic carbocycles. The van der Waals surface area contributed by atoms with E-state index in [-0.39, 0.29) is 23.1 Å². The monoisotopic (exact) mass is 350 g/mol. The van der Waals surface area contributed by atoms with E-state index in [4.69, 9.17) is 5.73 Å². The standard InChI is InChI=1S/C18H30N4O3/c1-17(15(24)20-16(25)21-17)13-5-9-22(10-6-13)14(23)11-18(12-19)7-3-2-4-8-18/h13H,2-12,19H2,1H3,(H2,20,21,24,25). The van der Waals surface area contributed by atoms with Crippen LogP contribution in [-0.2, 0) is 9.59 Å². The Morgan fingerprint density at radius 1 is 1.20 bits per heavy atom. The summed E-state index contributed by atoms with van der Waals surface area (Å²) in [4.78, 5) is 38.2. The van der Waals surface area contributed by atoms with Crippen LogP contribution >= 0.6 is 0 Å². The molecule has 25 heavy (non-hydrogen) atoms. The molecular weight excluding hydrogens is 320 g/mol. The van der Waals surface area contributed by atoms with Crippen molar-refractivity contribution in [2.24, 2.45) is 17.1 Å². The molecule has 4 amide bonds. The van der Waals surface area contributed by atoms with Gasteiger partial charge in [0.25, 0.3) is 5.91 Å². The number of nitrogens with one attached hydrogen (secondary N) is 2. The smallest absolute Gasteiger partial charge is 0.322 e. The highest BCUT2D eigenvalue weighted by molar-refractivity contribution is 6.07. The molecule has 0 aromatic rings. The molecule has 0 aromatic heterocycles. The summed E-state index contributed by atoms with van der Waals surface area (Å²) < 4.78 is 0. The maximum atomic E-state index is 12.8. The number of piperidine rings is 1. The lowest BCUT2D eigenvalue weighted by atomic mass is 9.71. The van der Waals surface area contributed by atoms with Crippen molar-refractivity contribution in [2.45, 2.75) is 63.8 Å². The fourth-order valence-corrected chi connectivity index (χ4v) is 4.74. The topological polar surface area (TPSA) is 105 Å². The first-order valence-corrected chi connectivity index (χ1v) is 9.50. The lowest BCUT2D eigenvalue weighted by Crippen LogP contribution is -2.54. The van der Waals surface area contributed by atoms with E-state index in [0.29, 0.717) is 26.1 Å². The summed E-state index contributed by atoms with van der Waals surface area (Å²) in [7, 11) is 0. The number of carbonyl (C=O) groups is 3. The van der Waals surface area contributed by atoms with Gasteiger partial charge in [0.2, 0.25) is 5.91 Å². The molecule has 1 atom stereocenters. The maximum absolute atomic E-state index is 12.8. The zero-order valence-electron chi connectivity index (χ0n) is 15.1. The summed E-state index contributed by atoms with van der Waals surface area (Å²) in [5.41, 5.74) is 5.14. The van der Waals surface area contributed by atoms with Gasteiger partial charge in [-0.1, -0.05) is 19.3 Å². The van der Waals surface area contributed by atoms with Crippen LogP contribution in [0.5, 0.6) is 0 Å². The van der Waals surface area contributed by atoms with Crippen molar-refractivity contribution in [3.8, 4) is 0 Å². The van der Waals surface area contributed by atoms with Crippen molar-refractivity contribution in [3.63, 3.8) is 0 Å². The molecule has 140 valence electrons. The van der Waals surface area contributed by atoms with Crippen molar-refractivity contribution in [3.05, 3.63) is 0 Å². The number of rotatable bonds is 4. The van der Waals surface area contributed by atoms with Crippen molar-refractivity contribution < 1.29 is 14.4 Å². The number of carbonyl (C=O) groups excluding carboxylic acids is 3. The molecule has 7 heteroatoms. The van der Waals surface area contributed by atoms with Gasteiger partial charge in [0.15, 0.2) is 0 Å². The Balaban J connectivity index is 1.56. The first-order valence-electron chi connectivity index (χ1n) is 9.50. The van der Waals surface area contributed by atoms with E-state index in [1.807, 2.05) is 4.90 Å². The minimum atomic E-state index is -0.853. The molecule has 0 bridgehead atoms. The average molecular weight is 350 g/mol. The molecule has 4 N–H and O–H groups in total. The number of amides is 4. The van der Waals surface area contributed by atoms with Crippen LogP contribution in [0.3, 0.4) is 0 Å². The Kier molecular flexibility index (Phi) is 5.04. The van der Waals surface area contributed by atoms with Crippen molar-refractivity contribution in [1.29, 1.82) is 0 Å². The largest absolute Gasteiger partial charge is 0.343 e. The highest BCUT2D eigenvalue weighted by Gasteiger charge is 2.49. The number of likely N-dealkylation sites (tertiary alicyclic amines) is 1. The summed E-state index contributed by atoms with van der Waals surface area (Å²) in [5, 5.41) is 5.08. The molecule has 2 aliphatic heterocycles. The molecule has 7 nitrogen and oxygen atoms in total. The first kappa shape index (κ1) is 18.2. The Morgan fingerprint density at radius 3 is 2.36 bits per heavy atom. The number of nitrogens with two attached hydrogens (primary N) is 1. The fourth-order valence-electron chi connectivity index (χ4n) is 4.74. The van der Waals surface area contributed by atoms with Gasteiger partial charge in [-0.25, -0.2) is 4.79 Å². The van der Waals surface area contributed by atoms with E-state index < -0.39 is 11.6 Å². The second-order valence-electron chi connectivity index (χ2n) is 8.21. The molecular formula is C18H30N4O3. The van der Waals surface area contributed by atoms with Crippen LogP contribution in [0, 0.1) is 11.3 Å². The summed E-state index contributed by atoms with van der Waals surface area (Å²) >= 11 is 0. The third kappa shape index (κ3) is 3.52. The van der Waals surface area contributed by atoms with Crippen LogP contribution in [0.25, 0.3) is 0 Å². The van der Waals surface area contributed by atoms with Crippen LogP contribution in [0.1, 0.15) is 58.3 Å². The lowest BCUT2D eigenvalue weighted by molar-refractivity contribution is -0.136. The van der Waals surface area contributed by atoms with Gasteiger partial charge in [0.1, 0.15) is 5.54 Å². The van der Waals surface area contributed by atoms with E-state index in [0.717, 1.165) is 25.7 Å². The van der Waals surface area contributed by atoms with Gasteiger partial charge < -0.3 is 16.0 Å². The van der Waals surface area contributed by atoms with Crippen LogP contribution in [0.2, 0.25) is 0 Å². The van der Waals surface area contributed by atoms with Crippen molar-refractivity contribution in [2.75, 3.05) is 19.6 Å². The fraction of sp³-hybridized carbons (Fsp3) is 0.833. The normalized spacial score (nSPS) is 30.1. The SMILES string of the molecule is CC1(C2CCN(C(=O)CC3(CN)CCCCC3)CC2)NC(=O)NC1=O. The summed E-state index contributed by atoms with van der Waals surface area (Å²) in [6, 6.07) is -0.423. The molecule has 1 unspecified atom stereocenters. The molecule has 0 radical (unpaired) electrons. The Bertz CT molecular complexity index is 551. The molecule has 1 saturated carbocycles. The van der Waals surface area contributed by atoms with Crippen LogP contribution in [0.15, 0.2) is 0 Å². The third-order valence-electron chi connectivity index (χ3n) is 6.61. The zero-order chi connectivity index (χ0) is 18.1. The molecule has 3 fully saturated rings. The number of urea groups is 1. The second kappa shape index (κ2) is 6.94. The third-order valence-corrected chi connectivity index (χ3v) is 6.61. The van der Waals surface area contributed by atoms with Crippen LogP contribution < -0.4 is 16.4 Å². The first-order chi connectivity index (χ1) is 11.9. The van der Waals surface area contributed by atoms with Gasteiger partial charge in [0.05, 0.1) is 0 Å². The van der Waals surface area contributed by atoms with Crippen LogP contribution in [0.4, 0.5) is 4.79 Å². The van der Waals surface area contributed by atoms with Gasteiger partial charge in [-0.05, 0) is 50.5 Å². The van der Waals surface area contributed by atoms with Crippen molar-refractivity contribution >= 4 is 17.8 Å². The number of hydrogen-bond donors (Lipinski definition) is 3. The summed E-state index contributed by atoms with van der Waals surface area (Å²) in [6.45, 7) is 3.64. The highest BCUT2D eigenvalue weighted by Crippen LogP contribution is 2.39. The number of nitrogens with zero attached hydrogens (tertiary/aromatic N) is 1. The predicted molar refractivity (Wildman–Crippen MR) is 93.6 cm³/mol. The van der Waals surface area contributed by atoms with Gasteiger partial charge in [-0.15, -0.1) is 0 Å². The Hall–Kier alpha value is -1.63. The quantitative estimate of drug-likeness (QED) is 0.661. The number of imide groups is 1. The average Bonchev–Trinajstić information content (AvgIpc) is 2.89. The van der Waals surface area contributed by atoms with Gasteiger partial charge >= 0.3 is 6.03 Å². The van der Waals surface area contributed by atoms with Gasteiger partial charge in [-0.2, -0.15) is 0 Å². The zero-order valence-corrected chi connectivity index (χ0v) is 15.1. The van der Waals surface area contributed by atoms with Crippen LogP contribution in [-0.4, -0.2) is 47.9 Å². The molecule has 0 spiro atoms. The van der Waals surface area contributed by atoms with E-state index in [1.165, 1.54) is 19.3 Å². The summed E-state index contributed by atoms with van der Waals surface area (Å²) in [5.74, 6) is -0.0106. The minimum absolute atomic E-state index is 0.0164. The Labute approximate surface area is 149 Å². The van der Waals surface area contributed by atoms with Gasteiger partial charge in [-0.3, -0.25) is 14.9 Å². The second-order valence-corrected chi connectivity index (χ2v) is 8.21. The van der Waals surface area contributed by atoms with E-state index in [9.17, 15) is 14.4 Å². The summed E-state index contributed by atoms with van der Waals surface area (Å²) in [6.07, 6.45) is 7.68. The van der Waals surface area contributed by atoms with E-state index in [1.54, 1.807) is 6.92 Å². The molecule has 2 heterocycles. The number of hydrogen-bond acceptors (Lipinski definition) is 4. The minimum Gasteiger partial charge on any atom is -0.343 e. The van der Waals surface area contributed by atoms with Gasteiger partial charge in [0, 0.05) is 19.5 Å². The molecule has 3 aliphatic rings. The molecule has 3 rings (SSSR count). The predicted octanol–water partition coefficient (Wildman–Crippen LogP) is 1.12. The van der Waals surface area contributed by atoms with E-state index >= 15 is 0 Å². The van der Waals surface area contributed by atoms with E-state index in [2.05, 4.69) is 10.6 Å².